The Labute approximate surface area is 217 Å². The van der Waals surface area contributed by atoms with Gasteiger partial charge in [0.1, 0.15) is 6.61 Å². The molecular formula is C30H29ClN2O3. The predicted molar refractivity (Wildman–Crippen MR) is 142 cm³/mol. The van der Waals surface area contributed by atoms with Crippen molar-refractivity contribution in [3.63, 3.8) is 0 Å². The van der Waals surface area contributed by atoms with E-state index in [9.17, 15) is 4.79 Å². The highest BCUT2D eigenvalue weighted by Crippen LogP contribution is 2.29. The molecule has 184 valence electrons. The summed E-state index contributed by atoms with van der Waals surface area (Å²) in [6, 6.07) is 29.0. The number of rotatable bonds is 11. The van der Waals surface area contributed by atoms with Crippen molar-refractivity contribution in [2.45, 2.75) is 26.0 Å². The number of carbonyl (C=O) groups is 1. The third-order valence-electron chi connectivity index (χ3n) is 5.85. The number of nitrogens with zero attached hydrogens (tertiary/aromatic N) is 2. The van der Waals surface area contributed by atoms with Gasteiger partial charge in [0.2, 0.25) is 5.91 Å². The van der Waals surface area contributed by atoms with E-state index in [1.165, 1.54) is 0 Å². The minimum absolute atomic E-state index is 0.00222. The minimum atomic E-state index is 0.00222. The lowest BCUT2D eigenvalue weighted by Crippen LogP contribution is -2.34. The third-order valence-corrected chi connectivity index (χ3v) is 6.22. The molecule has 4 aromatic rings. The minimum Gasteiger partial charge on any atom is -0.493 e. The Kier molecular flexibility index (Phi) is 8.95. The van der Waals surface area contributed by atoms with Gasteiger partial charge in [-0.1, -0.05) is 72.3 Å². The van der Waals surface area contributed by atoms with Crippen LogP contribution in [0.15, 0.2) is 97.2 Å². The van der Waals surface area contributed by atoms with Gasteiger partial charge in [0, 0.05) is 36.4 Å². The van der Waals surface area contributed by atoms with Gasteiger partial charge in [0.25, 0.3) is 0 Å². The molecule has 1 aromatic heterocycles. The summed E-state index contributed by atoms with van der Waals surface area (Å²) < 4.78 is 11.6. The van der Waals surface area contributed by atoms with Crippen molar-refractivity contribution < 1.29 is 14.3 Å². The van der Waals surface area contributed by atoms with Crippen molar-refractivity contribution in [2.75, 3.05) is 13.7 Å². The molecule has 0 N–H and O–H groups in total. The number of halogens is 1. The largest absolute Gasteiger partial charge is 0.493 e. The predicted octanol–water partition coefficient (Wildman–Crippen LogP) is 6.14. The van der Waals surface area contributed by atoms with Crippen molar-refractivity contribution in [3.05, 3.63) is 125 Å². The number of ether oxygens (including phenoxy) is 2. The molecule has 0 aliphatic rings. The van der Waals surface area contributed by atoms with E-state index in [1.807, 2.05) is 89.8 Å². The molecule has 0 atom stereocenters. The summed E-state index contributed by atoms with van der Waals surface area (Å²) in [6.45, 7) is 1.42. The van der Waals surface area contributed by atoms with E-state index in [0.29, 0.717) is 42.6 Å². The molecule has 0 unspecified atom stereocenters. The number of benzene rings is 3. The van der Waals surface area contributed by atoms with Crippen LogP contribution in [-0.4, -0.2) is 29.4 Å². The van der Waals surface area contributed by atoms with Crippen LogP contribution < -0.4 is 9.47 Å². The van der Waals surface area contributed by atoms with Crippen LogP contribution in [0.5, 0.6) is 11.5 Å². The van der Waals surface area contributed by atoms with Gasteiger partial charge < -0.3 is 14.4 Å². The van der Waals surface area contributed by atoms with Crippen LogP contribution >= 0.6 is 11.6 Å². The number of pyridine rings is 1. The summed E-state index contributed by atoms with van der Waals surface area (Å²) in [5.74, 6) is 1.29. The SMILES string of the molecule is COc1cc(CN(CCc2ccccn2)C(=O)Cc2ccccc2Cl)ccc1OCc1ccccc1. The fourth-order valence-electron chi connectivity index (χ4n) is 3.89. The number of hydrogen-bond donors (Lipinski definition) is 0. The Balaban J connectivity index is 1.49. The fourth-order valence-corrected chi connectivity index (χ4v) is 4.09. The number of aromatic nitrogens is 1. The lowest BCUT2D eigenvalue weighted by Gasteiger charge is -2.24. The zero-order valence-corrected chi connectivity index (χ0v) is 21.0. The number of amides is 1. The summed E-state index contributed by atoms with van der Waals surface area (Å²) in [5, 5.41) is 0.595. The van der Waals surface area contributed by atoms with Gasteiger partial charge in [-0.2, -0.15) is 0 Å². The van der Waals surface area contributed by atoms with Crippen LogP contribution in [0.3, 0.4) is 0 Å². The van der Waals surface area contributed by atoms with E-state index >= 15 is 0 Å². The van der Waals surface area contributed by atoms with Crippen LogP contribution in [0, 0.1) is 0 Å². The summed E-state index contributed by atoms with van der Waals surface area (Å²) in [4.78, 5) is 19.6. The lowest BCUT2D eigenvalue weighted by molar-refractivity contribution is -0.131. The Morgan fingerprint density at radius 2 is 1.67 bits per heavy atom. The van der Waals surface area contributed by atoms with E-state index < -0.39 is 0 Å². The van der Waals surface area contributed by atoms with Crippen LogP contribution in [0.1, 0.15) is 22.4 Å². The standard InChI is InChI=1S/C30H29ClN2O3/c1-35-29-19-24(14-15-28(29)36-22-23-9-3-2-4-10-23)21-33(18-16-26-12-7-8-17-32-26)30(34)20-25-11-5-6-13-27(25)31/h2-15,17,19H,16,18,20-22H2,1H3. The second kappa shape index (κ2) is 12.8. The van der Waals surface area contributed by atoms with Crippen molar-refractivity contribution in [1.29, 1.82) is 0 Å². The van der Waals surface area contributed by atoms with Crippen molar-refractivity contribution >= 4 is 17.5 Å². The monoisotopic (exact) mass is 500 g/mol. The average Bonchev–Trinajstić information content (AvgIpc) is 2.92. The molecule has 6 heteroatoms. The molecule has 1 heterocycles. The van der Waals surface area contributed by atoms with Crippen molar-refractivity contribution in [2.24, 2.45) is 0 Å². The molecule has 0 saturated heterocycles. The van der Waals surface area contributed by atoms with Gasteiger partial charge in [-0.3, -0.25) is 9.78 Å². The van der Waals surface area contributed by atoms with Crippen molar-refractivity contribution in [1.82, 2.24) is 9.88 Å². The number of hydrogen-bond acceptors (Lipinski definition) is 4. The molecular weight excluding hydrogens is 472 g/mol. The second-order valence-corrected chi connectivity index (χ2v) is 8.82. The molecule has 0 saturated carbocycles. The van der Waals surface area contributed by atoms with Crippen LogP contribution in [0.4, 0.5) is 0 Å². The Morgan fingerprint density at radius 1 is 0.889 bits per heavy atom. The Hall–Kier alpha value is -3.83. The van der Waals surface area contributed by atoms with Crippen LogP contribution in [0.2, 0.25) is 5.02 Å². The Bertz CT molecular complexity index is 1270. The molecule has 0 fully saturated rings. The quantitative estimate of drug-likeness (QED) is 0.248. The average molecular weight is 501 g/mol. The van der Waals surface area contributed by atoms with Crippen LogP contribution in [-0.2, 0) is 30.8 Å². The zero-order chi connectivity index (χ0) is 25.2. The molecule has 0 aliphatic carbocycles. The molecule has 5 nitrogen and oxygen atoms in total. The van der Waals surface area contributed by atoms with Crippen LogP contribution in [0.25, 0.3) is 0 Å². The third kappa shape index (κ3) is 7.09. The summed E-state index contributed by atoms with van der Waals surface area (Å²) >= 11 is 6.33. The van der Waals surface area contributed by atoms with E-state index in [2.05, 4.69) is 4.98 Å². The first kappa shape index (κ1) is 25.3. The fraction of sp³-hybridized carbons (Fsp3) is 0.200. The zero-order valence-electron chi connectivity index (χ0n) is 20.3. The normalized spacial score (nSPS) is 10.6. The molecule has 0 aliphatic heterocycles. The first-order valence-electron chi connectivity index (χ1n) is 11.9. The smallest absolute Gasteiger partial charge is 0.227 e. The summed E-state index contributed by atoms with van der Waals surface area (Å²) in [6.07, 6.45) is 2.66. The van der Waals surface area contributed by atoms with Crippen molar-refractivity contribution in [3.8, 4) is 11.5 Å². The number of carbonyl (C=O) groups excluding carboxylic acids is 1. The molecule has 3 aromatic carbocycles. The molecule has 0 radical (unpaired) electrons. The summed E-state index contributed by atoms with van der Waals surface area (Å²) in [7, 11) is 1.62. The van der Waals surface area contributed by atoms with Gasteiger partial charge in [0.05, 0.1) is 13.5 Å². The van der Waals surface area contributed by atoms with E-state index in [-0.39, 0.29) is 12.3 Å². The van der Waals surface area contributed by atoms with E-state index in [4.69, 9.17) is 21.1 Å². The summed E-state index contributed by atoms with van der Waals surface area (Å²) in [5.41, 5.74) is 3.78. The first-order chi connectivity index (χ1) is 17.6. The topological polar surface area (TPSA) is 51.7 Å². The lowest BCUT2D eigenvalue weighted by atomic mass is 10.1. The van der Waals surface area contributed by atoms with Gasteiger partial charge in [-0.25, -0.2) is 0 Å². The molecule has 1 amide bonds. The van der Waals surface area contributed by atoms with Gasteiger partial charge in [-0.15, -0.1) is 0 Å². The second-order valence-electron chi connectivity index (χ2n) is 8.41. The van der Waals surface area contributed by atoms with E-state index in [1.54, 1.807) is 19.4 Å². The maximum Gasteiger partial charge on any atom is 0.227 e. The molecule has 0 bridgehead atoms. The van der Waals surface area contributed by atoms with Gasteiger partial charge in [-0.05, 0) is 47.0 Å². The van der Waals surface area contributed by atoms with Gasteiger partial charge >= 0.3 is 0 Å². The molecule has 0 spiro atoms. The maximum atomic E-state index is 13.4. The van der Waals surface area contributed by atoms with E-state index in [0.717, 1.165) is 22.4 Å². The highest BCUT2D eigenvalue weighted by atomic mass is 35.5. The van der Waals surface area contributed by atoms with Gasteiger partial charge in [0.15, 0.2) is 11.5 Å². The molecule has 36 heavy (non-hydrogen) atoms. The Morgan fingerprint density at radius 3 is 2.42 bits per heavy atom. The number of methoxy groups -OCH3 is 1. The highest BCUT2D eigenvalue weighted by Gasteiger charge is 2.17. The highest BCUT2D eigenvalue weighted by molar-refractivity contribution is 6.31. The first-order valence-corrected chi connectivity index (χ1v) is 12.2. The molecule has 4 rings (SSSR count). The maximum absolute atomic E-state index is 13.4.